The fourth-order valence-corrected chi connectivity index (χ4v) is 2.73. The van der Waals surface area contributed by atoms with Crippen LogP contribution in [0.2, 0.25) is 0 Å². The number of nitrogens with zero attached hydrogens (tertiary/aromatic N) is 4. The lowest BCUT2D eigenvalue weighted by molar-refractivity contribution is -0.123. The molecule has 2 aromatic carbocycles. The van der Waals surface area contributed by atoms with Gasteiger partial charge in [0.1, 0.15) is 0 Å². The molecule has 0 spiro atoms. The van der Waals surface area contributed by atoms with E-state index in [1.807, 2.05) is 30.3 Å². The van der Waals surface area contributed by atoms with Gasteiger partial charge in [-0.1, -0.05) is 39.0 Å². The Morgan fingerprint density at radius 1 is 1.03 bits per heavy atom. The summed E-state index contributed by atoms with van der Waals surface area (Å²) in [5, 5.41) is 14.3. The highest BCUT2D eigenvalue weighted by molar-refractivity contribution is 6.03. The zero-order chi connectivity index (χ0) is 23.3. The molecule has 1 amide bonds. The molecule has 0 aliphatic heterocycles. The first-order chi connectivity index (χ1) is 15.2. The molecule has 0 radical (unpaired) electrons. The number of anilines is 1. The van der Waals surface area contributed by atoms with Gasteiger partial charge in [-0.15, -0.1) is 5.10 Å². The summed E-state index contributed by atoms with van der Waals surface area (Å²) in [6, 6.07) is 12.2. The fraction of sp³-hybridized carbons (Fsp3) is 0.318. The lowest BCUT2D eigenvalue weighted by atomic mass is 9.95. The van der Waals surface area contributed by atoms with Crippen LogP contribution in [0.5, 0.6) is 11.5 Å². The number of carbonyl (C=O) groups excluding carboxylic acids is 2. The van der Waals surface area contributed by atoms with Crippen LogP contribution in [0.15, 0.2) is 42.5 Å². The highest BCUT2D eigenvalue weighted by Crippen LogP contribution is 2.34. The number of carbonyl (C=O) groups is 2. The third-order valence-electron chi connectivity index (χ3n) is 4.54. The molecule has 3 rings (SSSR count). The second-order valence-electron chi connectivity index (χ2n) is 7.88. The average Bonchev–Trinajstić information content (AvgIpc) is 3.25. The molecule has 0 saturated heterocycles. The SMILES string of the molecule is COc1cc(NC(=O)C(C)(C)C)c(C(=O)OCc2nnnn2-c2ccccc2)cc1OC. The van der Waals surface area contributed by atoms with Crippen molar-refractivity contribution >= 4 is 17.6 Å². The number of para-hydroxylation sites is 1. The van der Waals surface area contributed by atoms with E-state index in [9.17, 15) is 9.59 Å². The number of benzene rings is 2. The number of amides is 1. The molecule has 0 fully saturated rings. The zero-order valence-corrected chi connectivity index (χ0v) is 18.6. The van der Waals surface area contributed by atoms with E-state index in [0.29, 0.717) is 17.3 Å². The molecular formula is C22H25N5O5. The van der Waals surface area contributed by atoms with Gasteiger partial charge in [0.05, 0.1) is 31.2 Å². The molecule has 10 heteroatoms. The van der Waals surface area contributed by atoms with Crippen LogP contribution >= 0.6 is 0 Å². The highest BCUT2D eigenvalue weighted by Gasteiger charge is 2.25. The number of aromatic nitrogens is 4. The predicted octanol–water partition coefficient (Wildman–Crippen LogP) is 3.02. The van der Waals surface area contributed by atoms with E-state index < -0.39 is 11.4 Å². The standard InChI is InChI=1S/C22H25N5O5/c1-22(2,3)21(29)23-16-12-18(31-5)17(30-4)11-15(16)20(28)32-13-19-24-25-26-27(19)14-9-7-6-8-10-14/h6-12H,13H2,1-5H3,(H,23,29). The van der Waals surface area contributed by atoms with E-state index in [4.69, 9.17) is 14.2 Å². The number of rotatable bonds is 7. The minimum Gasteiger partial charge on any atom is -0.493 e. The maximum Gasteiger partial charge on any atom is 0.340 e. The van der Waals surface area contributed by atoms with E-state index in [0.717, 1.165) is 5.69 Å². The van der Waals surface area contributed by atoms with Crippen LogP contribution in [-0.4, -0.2) is 46.3 Å². The van der Waals surface area contributed by atoms with Gasteiger partial charge in [-0.05, 0) is 22.6 Å². The Morgan fingerprint density at radius 2 is 1.69 bits per heavy atom. The highest BCUT2D eigenvalue weighted by atomic mass is 16.5. The predicted molar refractivity (Wildman–Crippen MR) is 116 cm³/mol. The Labute approximate surface area is 185 Å². The largest absolute Gasteiger partial charge is 0.493 e. The fourth-order valence-electron chi connectivity index (χ4n) is 2.73. The van der Waals surface area contributed by atoms with Crippen molar-refractivity contribution in [3.63, 3.8) is 0 Å². The second-order valence-corrected chi connectivity index (χ2v) is 7.88. The smallest absolute Gasteiger partial charge is 0.340 e. The van der Waals surface area contributed by atoms with Crippen LogP contribution in [0.4, 0.5) is 5.69 Å². The lowest BCUT2D eigenvalue weighted by Crippen LogP contribution is -2.28. The molecule has 10 nitrogen and oxygen atoms in total. The third kappa shape index (κ3) is 5.02. The zero-order valence-electron chi connectivity index (χ0n) is 18.6. The van der Waals surface area contributed by atoms with Gasteiger partial charge in [-0.25, -0.2) is 4.79 Å². The lowest BCUT2D eigenvalue weighted by Gasteiger charge is -2.20. The Bertz CT molecular complexity index is 1110. The maximum absolute atomic E-state index is 13.0. The molecule has 0 aliphatic rings. The van der Waals surface area contributed by atoms with Gasteiger partial charge in [0.15, 0.2) is 23.9 Å². The third-order valence-corrected chi connectivity index (χ3v) is 4.54. The Kier molecular flexibility index (Phi) is 6.72. The van der Waals surface area contributed by atoms with Crippen LogP contribution < -0.4 is 14.8 Å². The van der Waals surface area contributed by atoms with Crippen LogP contribution in [-0.2, 0) is 16.1 Å². The minimum atomic E-state index is -0.683. The maximum atomic E-state index is 13.0. The summed E-state index contributed by atoms with van der Waals surface area (Å²) in [4.78, 5) is 25.5. The van der Waals surface area contributed by atoms with Crippen molar-refractivity contribution in [1.82, 2.24) is 20.2 Å². The summed E-state index contributed by atoms with van der Waals surface area (Å²) < 4.78 is 17.5. The van der Waals surface area contributed by atoms with Gasteiger partial charge < -0.3 is 19.5 Å². The van der Waals surface area contributed by atoms with Crippen molar-refractivity contribution in [3.8, 4) is 17.2 Å². The second kappa shape index (κ2) is 9.46. The average molecular weight is 439 g/mol. The Balaban J connectivity index is 1.87. The van der Waals surface area contributed by atoms with E-state index in [1.54, 1.807) is 20.8 Å². The van der Waals surface area contributed by atoms with Gasteiger partial charge in [-0.2, -0.15) is 4.68 Å². The van der Waals surface area contributed by atoms with Crippen molar-refractivity contribution in [3.05, 3.63) is 53.9 Å². The molecule has 0 atom stereocenters. The van der Waals surface area contributed by atoms with Crippen LogP contribution in [0.25, 0.3) is 5.69 Å². The molecule has 168 valence electrons. The Morgan fingerprint density at radius 3 is 2.31 bits per heavy atom. The van der Waals surface area contributed by atoms with Crippen molar-refractivity contribution in [2.45, 2.75) is 27.4 Å². The monoisotopic (exact) mass is 439 g/mol. The summed E-state index contributed by atoms with van der Waals surface area (Å²) in [7, 11) is 2.92. The molecule has 0 aliphatic carbocycles. The van der Waals surface area contributed by atoms with Gasteiger partial charge in [-0.3, -0.25) is 4.79 Å². The number of hydrogen-bond donors (Lipinski definition) is 1. The first-order valence-electron chi connectivity index (χ1n) is 9.82. The van der Waals surface area contributed by atoms with Gasteiger partial charge in [0.2, 0.25) is 5.91 Å². The summed E-state index contributed by atoms with van der Waals surface area (Å²) >= 11 is 0. The number of hydrogen-bond acceptors (Lipinski definition) is 8. The molecule has 0 saturated carbocycles. The quantitative estimate of drug-likeness (QED) is 0.558. The molecule has 32 heavy (non-hydrogen) atoms. The molecule has 1 heterocycles. The number of methoxy groups -OCH3 is 2. The number of tetrazole rings is 1. The van der Waals surface area contributed by atoms with Crippen LogP contribution in [0.3, 0.4) is 0 Å². The van der Waals surface area contributed by atoms with Crippen LogP contribution in [0.1, 0.15) is 37.0 Å². The summed E-state index contributed by atoms with van der Waals surface area (Å²) in [6.45, 7) is 5.13. The van der Waals surface area contributed by atoms with E-state index in [2.05, 4.69) is 20.8 Å². The minimum absolute atomic E-state index is 0.110. The first kappa shape index (κ1) is 22.7. The number of ether oxygens (including phenoxy) is 3. The van der Waals surface area contributed by atoms with Crippen molar-refractivity contribution in [2.24, 2.45) is 5.41 Å². The van der Waals surface area contributed by atoms with E-state index in [1.165, 1.54) is 31.0 Å². The van der Waals surface area contributed by atoms with E-state index >= 15 is 0 Å². The van der Waals surface area contributed by atoms with Crippen molar-refractivity contribution < 1.29 is 23.8 Å². The molecule has 1 aromatic heterocycles. The summed E-state index contributed by atoms with van der Waals surface area (Å²) in [5.41, 5.74) is 0.411. The van der Waals surface area contributed by atoms with E-state index in [-0.39, 0.29) is 23.8 Å². The normalized spacial score (nSPS) is 11.0. The summed E-state index contributed by atoms with van der Waals surface area (Å²) in [5.74, 6) is 0.0680. The van der Waals surface area contributed by atoms with Crippen LogP contribution in [0, 0.1) is 5.41 Å². The molecular weight excluding hydrogens is 414 g/mol. The Hall–Kier alpha value is -3.95. The summed E-state index contributed by atoms with van der Waals surface area (Å²) in [6.07, 6.45) is 0. The van der Waals surface area contributed by atoms with Gasteiger partial charge in [0.25, 0.3) is 0 Å². The molecule has 0 bridgehead atoms. The van der Waals surface area contributed by atoms with Crippen molar-refractivity contribution in [1.29, 1.82) is 0 Å². The van der Waals surface area contributed by atoms with Crippen molar-refractivity contribution in [2.75, 3.05) is 19.5 Å². The van der Waals surface area contributed by atoms with Gasteiger partial charge >= 0.3 is 5.97 Å². The van der Waals surface area contributed by atoms with Gasteiger partial charge in [0, 0.05) is 17.5 Å². The molecule has 3 aromatic rings. The number of nitrogens with one attached hydrogen (secondary N) is 1. The number of esters is 1. The molecule has 1 N–H and O–H groups in total. The topological polar surface area (TPSA) is 117 Å². The first-order valence-corrected chi connectivity index (χ1v) is 9.82. The molecule has 0 unspecified atom stereocenters.